The van der Waals surface area contributed by atoms with Crippen molar-refractivity contribution >= 4 is 23.6 Å². The molecule has 3 aliphatic carbocycles. The number of aliphatic hydroxyl groups is 3. The Morgan fingerprint density at radius 3 is 0.990 bits per heavy atom. The number of carbonyl (C=O) groups excluding carboxylic acids is 4. The lowest BCUT2D eigenvalue weighted by Crippen LogP contribution is -2.69. The van der Waals surface area contributed by atoms with Gasteiger partial charge in [-0.05, 0) is 188 Å². The SMILES string of the molecule is CCCCCCCCCCCC1OC2(CC(C)(C)NC(C)(C)C2)C(=O)N1CC(O)CN1C(C)(C)CC2(CC1(C)C)OC1(CCCCCCCCCCC1)N(CC(O)CN1C(=O)C3(CC(C)(C)N(CC(O)CN4C(=O)C5(CC(C)(C)NC(C)(C)C5)OC45CCC5)C(C)(C)C3)OC13CCC3)C2=O. The average Bonchev–Trinajstić information content (AvgIpc) is 1.53. The molecule has 19 nitrogen and oxygen atoms in total. The lowest BCUT2D eigenvalue weighted by molar-refractivity contribution is -0.224. The topological polar surface area (TPSA) is 209 Å². The Labute approximate surface area is 604 Å². The molecule has 0 radical (unpaired) electrons. The maximum atomic E-state index is 16.3. The minimum absolute atomic E-state index is 0.0107. The Bertz CT molecular complexity index is 2830. The number of nitrogens with one attached hydrogen (secondary N) is 2. The van der Waals surface area contributed by atoms with E-state index in [9.17, 15) is 20.1 Å². The van der Waals surface area contributed by atoms with Gasteiger partial charge >= 0.3 is 0 Å². The zero-order valence-corrected chi connectivity index (χ0v) is 66.1. The van der Waals surface area contributed by atoms with Crippen LogP contribution in [0.1, 0.15) is 342 Å². The van der Waals surface area contributed by atoms with Gasteiger partial charge in [0.1, 0.15) is 23.4 Å². The first kappa shape index (κ1) is 78.5. The summed E-state index contributed by atoms with van der Waals surface area (Å²) in [6, 6.07) is 0. The van der Waals surface area contributed by atoms with Crippen LogP contribution < -0.4 is 10.6 Å². The van der Waals surface area contributed by atoms with Crippen LogP contribution in [0.15, 0.2) is 0 Å². The molecule has 4 amide bonds. The molecule has 11 fully saturated rings. The molecule has 11 aliphatic rings. The number of ether oxygens (including phenoxy) is 4. The number of nitrogens with zero attached hydrogens (tertiary/aromatic N) is 6. The third kappa shape index (κ3) is 15.6. The Kier molecular flexibility index (Phi) is 22.2. The molecule has 0 aromatic carbocycles. The van der Waals surface area contributed by atoms with Crippen LogP contribution in [0.5, 0.6) is 0 Å². The van der Waals surface area contributed by atoms with Crippen LogP contribution in [0, 0.1) is 0 Å². The van der Waals surface area contributed by atoms with E-state index in [0.717, 1.165) is 83.5 Å². The normalized spacial score (nSPS) is 31.1. The van der Waals surface area contributed by atoms with Crippen LogP contribution in [-0.4, -0.2) is 216 Å². The molecule has 7 spiro atoms. The molecule has 5 N–H and O–H groups in total. The molecule has 3 saturated carbocycles. The molecule has 19 heteroatoms. The van der Waals surface area contributed by atoms with Gasteiger partial charge in [-0.2, -0.15) is 0 Å². The molecular weight excluding hydrogens is 1260 g/mol. The average molecular weight is 1400 g/mol. The summed E-state index contributed by atoms with van der Waals surface area (Å²) >= 11 is 0. The minimum atomic E-state index is -1.23. The number of piperidine rings is 4. The first-order chi connectivity index (χ1) is 46.5. The van der Waals surface area contributed by atoms with E-state index in [4.69, 9.17) is 18.9 Å². The lowest BCUT2D eigenvalue weighted by atomic mass is 9.70. The molecule has 572 valence electrons. The van der Waals surface area contributed by atoms with E-state index >= 15 is 14.4 Å². The number of amides is 4. The van der Waals surface area contributed by atoms with E-state index in [1.807, 2.05) is 19.6 Å². The lowest BCUT2D eigenvalue weighted by Gasteiger charge is -2.58. The zero-order chi connectivity index (χ0) is 72.8. The summed E-state index contributed by atoms with van der Waals surface area (Å²) in [5.41, 5.74) is -10.8. The monoisotopic (exact) mass is 1400 g/mol. The molecule has 8 aliphatic heterocycles. The van der Waals surface area contributed by atoms with Crippen LogP contribution in [0.3, 0.4) is 0 Å². The van der Waals surface area contributed by atoms with E-state index in [2.05, 4.69) is 138 Å². The highest BCUT2D eigenvalue weighted by atomic mass is 16.6. The molecule has 4 unspecified atom stereocenters. The highest BCUT2D eigenvalue weighted by molar-refractivity contribution is 5.91. The largest absolute Gasteiger partial charge is 0.390 e. The third-order valence-corrected chi connectivity index (χ3v) is 26.3. The number of hydrogen-bond donors (Lipinski definition) is 5. The van der Waals surface area contributed by atoms with Gasteiger partial charge in [-0.1, -0.05) is 103 Å². The van der Waals surface area contributed by atoms with Gasteiger partial charge in [0.05, 0.1) is 44.5 Å². The first-order valence-corrected chi connectivity index (χ1v) is 40.7. The fourth-order valence-electron chi connectivity index (χ4n) is 23.8. The van der Waals surface area contributed by atoms with Crippen molar-refractivity contribution in [2.45, 2.75) is 451 Å². The van der Waals surface area contributed by atoms with Crippen LogP contribution in [-0.2, 0) is 38.1 Å². The Morgan fingerprint density at radius 2 is 0.650 bits per heavy atom. The fraction of sp³-hybridized carbons (Fsp3) is 0.951. The Hall–Kier alpha value is -2.56. The van der Waals surface area contributed by atoms with Crippen LogP contribution >= 0.6 is 0 Å². The molecule has 4 atom stereocenters. The fourth-order valence-corrected chi connectivity index (χ4v) is 23.8. The van der Waals surface area contributed by atoms with Crippen molar-refractivity contribution in [1.29, 1.82) is 0 Å². The van der Waals surface area contributed by atoms with Gasteiger partial charge in [0.25, 0.3) is 23.6 Å². The second-order valence-electron chi connectivity index (χ2n) is 40.0. The molecule has 8 saturated heterocycles. The van der Waals surface area contributed by atoms with E-state index in [0.29, 0.717) is 83.6 Å². The third-order valence-electron chi connectivity index (χ3n) is 26.3. The van der Waals surface area contributed by atoms with E-state index in [1.54, 1.807) is 0 Å². The maximum Gasteiger partial charge on any atom is 0.257 e. The first-order valence-electron chi connectivity index (χ1n) is 40.7. The number of rotatable bonds is 22. The molecular formula is C81H142N8O11. The standard InChI is InChI=1S/C81H142N8O11/c1-18-19-20-21-22-24-27-30-33-38-62-84(63(93)75(97-62)51-67(2,3)82-68(4,5)52-75)45-59(90)49-88-71(10,11)55-77(56-72(88,12)13)65(95)85(79(99-77)39-34-31-28-25-23-26-29-32-35-40-79)46-60(91)47-86-66(96)78(100-81(86)43-37-44-81)57-73(14,15)89(74(16,17)58-78)50-61(92)48-87-64(94)76(98-80(87)41-36-42-80)53-69(6,7)83-70(8,9)54-76/h59-62,82-83,90-92H,18-58H2,1-17H3. The number of aliphatic hydroxyl groups excluding tert-OH is 3. The van der Waals surface area contributed by atoms with Crippen molar-refractivity contribution < 1.29 is 53.4 Å². The number of carbonyl (C=O) groups is 4. The summed E-state index contributed by atoms with van der Waals surface area (Å²) in [5, 5.41) is 45.3. The number of likely N-dealkylation sites (tertiary alicyclic amines) is 2. The second kappa shape index (κ2) is 28.2. The Balaban J connectivity index is 0.789. The predicted octanol–water partition coefficient (Wildman–Crippen LogP) is 12.7. The van der Waals surface area contributed by atoms with Gasteiger partial charge in [-0.15, -0.1) is 0 Å². The zero-order valence-electron chi connectivity index (χ0n) is 66.1. The van der Waals surface area contributed by atoms with Crippen molar-refractivity contribution in [3.8, 4) is 0 Å². The van der Waals surface area contributed by atoms with Gasteiger partial charge in [0.2, 0.25) is 0 Å². The molecule has 11 rings (SSSR count). The van der Waals surface area contributed by atoms with E-state index in [-0.39, 0.29) is 78.5 Å². The summed E-state index contributed by atoms with van der Waals surface area (Å²) in [6.45, 7) is 37.7. The number of hydrogen-bond acceptors (Lipinski definition) is 15. The summed E-state index contributed by atoms with van der Waals surface area (Å²) in [5.74, 6) is -0.251. The highest BCUT2D eigenvalue weighted by Crippen LogP contribution is 2.59. The quantitative estimate of drug-likeness (QED) is 0.0639. The van der Waals surface area contributed by atoms with Gasteiger partial charge in [0.15, 0.2) is 22.4 Å². The minimum Gasteiger partial charge on any atom is -0.390 e. The van der Waals surface area contributed by atoms with E-state index < -0.39 is 86.3 Å². The van der Waals surface area contributed by atoms with Crippen LogP contribution in [0.25, 0.3) is 0 Å². The number of β-amino-alcohol motifs (C(OH)–C–C–N with tert-alkyl or cyclic N) is 3. The molecule has 0 bridgehead atoms. The van der Waals surface area contributed by atoms with E-state index in [1.165, 1.54) is 64.2 Å². The van der Waals surface area contributed by atoms with Crippen molar-refractivity contribution in [2.24, 2.45) is 0 Å². The second-order valence-corrected chi connectivity index (χ2v) is 40.0. The molecule has 0 aromatic heterocycles. The van der Waals surface area contributed by atoms with Crippen LogP contribution in [0.2, 0.25) is 0 Å². The van der Waals surface area contributed by atoms with Gasteiger partial charge < -0.3 is 64.5 Å². The summed E-state index contributed by atoms with van der Waals surface area (Å²) in [6.07, 6.45) is 27.6. The van der Waals surface area contributed by atoms with Gasteiger partial charge in [-0.25, -0.2) is 0 Å². The molecule has 0 aromatic rings. The van der Waals surface area contributed by atoms with Crippen LogP contribution in [0.4, 0.5) is 0 Å². The smallest absolute Gasteiger partial charge is 0.257 e. The van der Waals surface area contributed by atoms with Crippen molar-refractivity contribution in [3.05, 3.63) is 0 Å². The summed E-state index contributed by atoms with van der Waals surface area (Å²) in [7, 11) is 0. The summed E-state index contributed by atoms with van der Waals surface area (Å²) < 4.78 is 29.3. The maximum absolute atomic E-state index is 16.3. The number of unbranched alkanes of at least 4 members (excludes halogenated alkanes) is 8. The Morgan fingerprint density at radius 1 is 0.360 bits per heavy atom. The summed E-state index contributed by atoms with van der Waals surface area (Å²) in [4.78, 5) is 74.4. The van der Waals surface area contributed by atoms with Gasteiger partial charge in [0, 0.05) is 109 Å². The van der Waals surface area contributed by atoms with Gasteiger partial charge in [-0.3, -0.25) is 29.0 Å². The molecule has 100 heavy (non-hydrogen) atoms. The molecule has 8 heterocycles. The highest BCUT2D eigenvalue weighted by Gasteiger charge is 2.72. The van der Waals surface area contributed by atoms with Crippen molar-refractivity contribution in [2.75, 3.05) is 39.3 Å². The van der Waals surface area contributed by atoms with Crippen molar-refractivity contribution in [3.63, 3.8) is 0 Å². The predicted molar refractivity (Wildman–Crippen MR) is 392 cm³/mol. The van der Waals surface area contributed by atoms with Crippen molar-refractivity contribution in [1.82, 2.24) is 40.0 Å².